The Morgan fingerprint density at radius 2 is 1.93 bits per heavy atom. The number of nitrogens with zero attached hydrogens (tertiary/aromatic N) is 2. The summed E-state index contributed by atoms with van der Waals surface area (Å²) in [7, 11) is 0. The van der Waals surface area contributed by atoms with Crippen LogP contribution in [-0.2, 0) is 4.79 Å². The van der Waals surface area contributed by atoms with E-state index < -0.39 is 0 Å². The monoisotopic (exact) mass is 415 g/mol. The normalized spacial score (nSPS) is 11.0. The van der Waals surface area contributed by atoms with Crippen molar-refractivity contribution in [2.24, 2.45) is 0 Å². The summed E-state index contributed by atoms with van der Waals surface area (Å²) in [5, 5.41) is 6.15. The van der Waals surface area contributed by atoms with Crippen LogP contribution in [0.1, 0.15) is 6.42 Å². The van der Waals surface area contributed by atoms with E-state index in [1.165, 1.54) is 35.2 Å². The third-order valence-corrected chi connectivity index (χ3v) is 6.51. The zero-order valence-corrected chi connectivity index (χ0v) is 16.5. The van der Waals surface area contributed by atoms with Crippen LogP contribution in [0, 0.1) is 5.82 Å². The average Bonchev–Trinajstić information content (AvgIpc) is 3.30. The van der Waals surface area contributed by atoms with E-state index in [0.717, 1.165) is 25.8 Å². The van der Waals surface area contributed by atoms with Crippen LogP contribution in [0.3, 0.4) is 0 Å². The fourth-order valence-electron chi connectivity index (χ4n) is 2.39. The SMILES string of the molecule is O=C(CCSc1ccc(F)cc1)Nc1nc(-c2nc3ccccc3s2)cs1. The Kier molecular flexibility index (Phi) is 5.47. The van der Waals surface area contributed by atoms with Crippen LogP contribution in [-0.4, -0.2) is 21.6 Å². The molecule has 0 aliphatic rings. The van der Waals surface area contributed by atoms with Gasteiger partial charge in [-0.3, -0.25) is 4.79 Å². The van der Waals surface area contributed by atoms with Crippen molar-refractivity contribution >= 4 is 55.7 Å². The quantitative estimate of drug-likeness (QED) is 0.412. The van der Waals surface area contributed by atoms with Crippen molar-refractivity contribution in [3.8, 4) is 10.7 Å². The predicted molar refractivity (Wildman–Crippen MR) is 111 cm³/mol. The molecule has 4 aromatic rings. The molecule has 0 saturated heterocycles. The largest absolute Gasteiger partial charge is 0.302 e. The van der Waals surface area contributed by atoms with Gasteiger partial charge < -0.3 is 5.32 Å². The fourth-order valence-corrected chi connectivity index (χ4v) is 4.95. The summed E-state index contributed by atoms with van der Waals surface area (Å²) < 4.78 is 14.0. The van der Waals surface area contributed by atoms with Crippen molar-refractivity contribution in [3.63, 3.8) is 0 Å². The van der Waals surface area contributed by atoms with Gasteiger partial charge in [0.25, 0.3) is 0 Å². The summed E-state index contributed by atoms with van der Waals surface area (Å²) in [4.78, 5) is 22.1. The highest BCUT2D eigenvalue weighted by atomic mass is 32.2. The predicted octanol–water partition coefficient (Wildman–Crippen LogP) is 5.68. The van der Waals surface area contributed by atoms with Gasteiger partial charge in [0.1, 0.15) is 16.5 Å². The van der Waals surface area contributed by atoms with Crippen LogP contribution in [0.4, 0.5) is 9.52 Å². The lowest BCUT2D eigenvalue weighted by Gasteiger charge is -2.02. The Morgan fingerprint density at radius 1 is 1.11 bits per heavy atom. The molecule has 1 amide bonds. The second-order valence-corrected chi connectivity index (χ2v) is 8.68. The molecule has 8 heteroatoms. The number of hydrogen-bond acceptors (Lipinski definition) is 6. The van der Waals surface area contributed by atoms with Crippen LogP contribution in [0.25, 0.3) is 20.9 Å². The maximum Gasteiger partial charge on any atom is 0.226 e. The van der Waals surface area contributed by atoms with Crippen molar-refractivity contribution in [3.05, 3.63) is 59.7 Å². The van der Waals surface area contributed by atoms with E-state index in [4.69, 9.17) is 0 Å². The van der Waals surface area contributed by atoms with Crippen LogP contribution >= 0.6 is 34.4 Å². The number of hydrogen-bond donors (Lipinski definition) is 1. The lowest BCUT2D eigenvalue weighted by Crippen LogP contribution is -2.11. The lowest BCUT2D eigenvalue weighted by molar-refractivity contribution is -0.115. The number of nitrogens with one attached hydrogen (secondary N) is 1. The number of amides is 1. The molecular weight excluding hydrogens is 401 g/mol. The molecule has 0 spiro atoms. The highest BCUT2D eigenvalue weighted by molar-refractivity contribution is 7.99. The van der Waals surface area contributed by atoms with Crippen molar-refractivity contribution < 1.29 is 9.18 Å². The minimum Gasteiger partial charge on any atom is -0.302 e. The molecule has 0 aliphatic heterocycles. The van der Waals surface area contributed by atoms with Crippen molar-refractivity contribution in [2.45, 2.75) is 11.3 Å². The molecule has 1 N–H and O–H groups in total. The van der Waals surface area contributed by atoms with Gasteiger partial charge in [-0.2, -0.15) is 0 Å². The molecule has 0 aliphatic carbocycles. The van der Waals surface area contributed by atoms with Gasteiger partial charge in [-0.25, -0.2) is 14.4 Å². The average molecular weight is 416 g/mol. The number of carbonyl (C=O) groups is 1. The van der Waals surface area contributed by atoms with E-state index in [0.29, 0.717) is 17.3 Å². The molecule has 136 valence electrons. The maximum absolute atomic E-state index is 12.9. The molecule has 2 heterocycles. The molecule has 0 unspecified atom stereocenters. The smallest absolute Gasteiger partial charge is 0.226 e. The second-order valence-electron chi connectivity index (χ2n) is 5.63. The first-order valence-electron chi connectivity index (χ1n) is 8.17. The van der Waals surface area contributed by atoms with Gasteiger partial charge in [-0.05, 0) is 36.4 Å². The number of halogens is 1. The summed E-state index contributed by atoms with van der Waals surface area (Å²) in [6, 6.07) is 14.2. The van der Waals surface area contributed by atoms with E-state index in [2.05, 4.69) is 15.3 Å². The number of thiazole rings is 2. The van der Waals surface area contributed by atoms with Gasteiger partial charge in [0.2, 0.25) is 5.91 Å². The highest BCUT2D eigenvalue weighted by Crippen LogP contribution is 2.32. The van der Waals surface area contributed by atoms with E-state index in [1.807, 2.05) is 29.6 Å². The van der Waals surface area contributed by atoms with Crippen molar-refractivity contribution in [1.82, 2.24) is 9.97 Å². The molecule has 2 aromatic carbocycles. The zero-order valence-electron chi connectivity index (χ0n) is 14.0. The minimum absolute atomic E-state index is 0.0881. The van der Waals surface area contributed by atoms with E-state index >= 15 is 0 Å². The van der Waals surface area contributed by atoms with Gasteiger partial charge >= 0.3 is 0 Å². The molecule has 4 nitrogen and oxygen atoms in total. The molecule has 0 fully saturated rings. The summed E-state index contributed by atoms with van der Waals surface area (Å²) in [5.41, 5.74) is 1.73. The molecule has 2 aromatic heterocycles. The molecule has 0 radical (unpaired) electrons. The van der Waals surface area contributed by atoms with E-state index in [-0.39, 0.29) is 11.7 Å². The summed E-state index contributed by atoms with van der Waals surface area (Å²) >= 11 is 4.49. The number of thioether (sulfide) groups is 1. The van der Waals surface area contributed by atoms with Crippen LogP contribution in [0.2, 0.25) is 0 Å². The fraction of sp³-hybridized carbons (Fsp3) is 0.105. The number of benzene rings is 2. The van der Waals surface area contributed by atoms with Gasteiger partial charge in [0.05, 0.1) is 10.2 Å². The third kappa shape index (κ3) is 4.52. The Balaban J connectivity index is 1.33. The first-order chi connectivity index (χ1) is 13.2. The van der Waals surface area contributed by atoms with E-state index in [1.54, 1.807) is 23.5 Å². The van der Waals surface area contributed by atoms with E-state index in [9.17, 15) is 9.18 Å². The molecule has 4 rings (SSSR count). The highest BCUT2D eigenvalue weighted by Gasteiger charge is 2.12. The molecule has 0 bridgehead atoms. The maximum atomic E-state index is 12.9. The number of rotatable bonds is 6. The lowest BCUT2D eigenvalue weighted by atomic mass is 10.3. The number of anilines is 1. The summed E-state index contributed by atoms with van der Waals surface area (Å²) in [5.74, 6) is 0.271. The Hall–Kier alpha value is -2.29. The molecule has 0 saturated carbocycles. The minimum atomic E-state index is -0.259. The Bertz CT molecular complexity index is 1040. The number of fused-ring (bicyclic) bond motifs is 1. The summed E-state index contributed by atoms with van der Waals surface area (Å²) in [6.45, 7) is 0. The Labute approximate surface area is 167 Å². The Morgan fingerprint density at radius 3 is 2.74 bits per heavy atom. The zero-order chi connectivity index (χ0) is 18.6. The summed E-state index contributed by atoms with van der Waals surface area (Å²) in [6.07, 6.45) is 0.359. The molecular formula is C19H14FN3OS3. The molecule has 27 heavy (non-hydrogen) atoms. The van der Waals surface area contributed by atoms with Crippen LogP contribution in [0.15, 0.2) is 58.8 Å². The van der Waals surface area contributed by atoms with Crippen molar-refractivity contribution in [2.75, 3.05) is 11.1 Å². The number of para-hydroxylation sites is 1. The third-order valence-electron chi connectivity index (χ3n) is 3.68. The molecule has 0 atom stereocenters. The second kappa shape index (κ2) is 8.16. The first-order valence-corrected chi connectivity index (χ1v) is 10.9. The van der Waals surface area contributed by atoms with Gasteiger partial charge in [0, 0.05) is 22.4 Å². The van der Waals surface area contributed by atoms with Gasteiger partial charge in [-0.15, -0.1) is 34.4 Å². The van der Waals surface area contributed by atoms with Crippen molar-refractivity contribution in [1.29, 1.82) is 0 Å². The van der Waals surface area contributed by atoms with Crippen LogP contribution in [0.5, 0.6) is 0 Å². The standard InChI is InChI=1S/C19H14FN3OS3/c20-12-5-7-13(8-6-12)25-10-9-17(24)23-19-22-15(11-26-19)18-21-14-3-1-2-4-16(14)27-18/h1-8,11H,9-10H2,(H,22,23,24). The van der Waals surface area contributed by atoms with Gasteiger partial charge in [0.15, 0.2) is 5.13 Å². The number of aromatic nitrogens is 2. The van der Waals surface area contributed by atoms with Gasteiger partial charge in [-0.1, -0.05) is 12.1 Å². The van der Waals surface area contributed by atoms with Crippen LogP contribution < -0.4 is 5.32 Å². The first kappa shape index (κ1) is 18.1. The topological polar surface area (TPSA) is 54.9 Å². The number of carbonyl (C=O) groups excluding carboxylic acids is 1.